The number of hydrogen-bond donors (Lipinski definition) is 1. The summed E-state index contributed by atoms with van der Waals surface area (Å²) < 4.78 is 7.32. The van der Waals surface area contributed by atoms with Gasteiger partial charge in [0.05, 0.1) is 6.61 Å². The molecule has 0 unspecified atom stereocenters. The molecule has 1 saturated carbocycles. The number of ether oxygens (including phenoxy) is 1. The number of carbonyl (C=O) groups excluding carboxylic acids is 1. The van der Waals surface area contributed by atoms with Crippen LogP contribution in [0.1, 0.15) is 35.3 Å². The molecule has 1 fully saturated rings. The Hall–Kier alpha value is -1.52. The highest BCUT2D eigenvalue weighted by molar-refractivity contribution is 5.94. The molecule has 2 heterocycles. The zero-order valence-corrected chi connectivity index (χ0v) is 9.32. The van der Waals surface area contributed by atoms with Crippen LogP contribution in [0.4, 0.5) is 0 Å². The number of carbonyl (C=O) groups is 1. The Morgan fingerprint density at radius 1 is 1.56 bits per heavy atom. The maximum Gasteiger partial charge on any atom is 0.272 e. The molecule has 1 aromatic heterocycles. The molecule has 5 heteroatoms. The quantitative estimate of drug-likeness (QED) is 0.806. The van der Waals surface area contributed by atoms with E-state index in [1.165, 1.54) is 0 Å². The molecule has 1 N–H and O–H groups in total. The average molecular weight is 221 g/mol. The van der Waals surface area contributed by atoms with Crippen LogP contribution in [0.25, 0.3) is 0 Å². The molecule has 16 heavy (non-hydrogen) atoms. The molecule has 5 nitrogen and oxygen atoms in total. The van der Waals surface area contributed by atoms with E-state index in [0.717, 1.165) is 43.9 Å². The van der Waals surface area contributed by atoms with Gasteiger partial charge in [-0.1, -0.05) is 0 Å². The lowest BCUT2D eigenvalue weighted by atomic mass is 10.2. The Morgan fingerprint density at radius 2 is 2.38 bits per heavy atom. The smallest absolute Gasteiger partial charge is 0.272 e. The van der Waals surface area contributed by atoms with Gasteiger partial charge in [-0.2, -0.15) is 5.10 Å². The summed E-state index contributed by atoms with van der Waals surface area (Å²) in [5.41, 5.74) is 1.38. The van der Waals surface area contributed by atoms with Gasteiger partial charge >= 0.3 is 0 Å². The predicted molar refractivity (Wildman–Crippen MR) is 57.6 cm³/mol. The third-order valence-electron chi connectivity index (χ3n) is 3.01. The second kappa shape index (κ2) is 3.50. The third kappa shape index (κ3) is 1.56. The van der Waals surface area contributed by atoms with Crippen LogP contribution >= 0.6 is 0 Å². The summed E-state index contributed by atoms with van der Waals surface area (Å²) in [5, 5.41) is 7.26. The van der Waals surface area contributed by atoms with Gasteiger partial charge in [0, 0.05) is 24.6 Å². The topological polar surface area (TPSA) is 56.2 Å². The van der Waals surface area contributed by atoms with Crippen molar-refractivity contribution < 1.29 is 9.53 Å². The third-order valence-corrected chi connectivity index (χ3v) is 3.01. The summed E-state index contributed by atoms with van der Waals surface area (Å²) in [6.45, 7) is 3.45. The van der Waals surface area contributed by atoms with Crippen LogP contribution in [-0.2, 0) is 6.54 Å². The van der Waals surface area contributed by atoms with Gasteiger partial charge in [0.1, 0.15) is 0 Å². The zero-order chi connectivity index (χ0) is 11.1. The lowest BCUT2D eigenvalue weighted by molar-refractivity contribution is 0.0944. The van der Waals surface area contributed by atoms with Crippen LogP contribution in [0.3, 0.4) is 0 Å². The highest BCUT2D eigenvalue weighted by Crippen LogP contribution is 2.26. The molecule has 1 aliphatic heterocycles. The van der Waals surface area contributed by atoms with Crippen molar-refractivity contribution in [2.75, 3.05) is 6.61 Å². The SMILES string of the molecule is Cc1c(C(=O)NC2CC2)nn2c1OCCC2. The molecule has 0 aromatic carbocycles. The standard InChI is InChI=1S/C11H15N3O2/c1-7-9(10(15)12-8-3-4-8)13-14-5-2-6-16-11(7)14/h8H,2-6H2,1H3,(H,12,15). The Kier molecular flexibility index (Phi) is 2.12. The van der Waals surface area contributed by atoms with E-state index >= 15 is 0 Å². The molecule has 0 bridgehead atoms. The van der Waals surface area contributed by atoms with Crippen LogP contribution < -0.4 is 10.1 Å². The van der Waals surface area contributed by atoms with E-state index in [1.54, 1.807) is 4.68 Å². The summed E-state index contributed by atoms with van der Waals surface area (Å²) in [7, 11) is 0. The van der Waals surface area contributed by atoms with Crippen molar-refractivity contribution >= 4 is 5.91 Å². The molecule has 86 valence electrons. The molecule has 0 radical (unpaired) electrons. The van der Waals surface area contributed by atoms with Crippen LogP contribution in [-0.4, -0.2) is 28.3 Å². The lowest BCUT2D eigenvalue weighted by Gasteiger charge is -2.14. The van der Waals surface area contributed by atoms with Gasteiger partial charge in [-0.25, -0.2) is 4.68 Å². The van der Waals surface area contributed by atoms with Gasteiger partial charge in [0.15, 0.2) is 5.69 Å². The minimum atomic E-state index is -0.0644. The van der Waals surface area contributed by atoms with E-state index < -0.39 is 0 Å². The number of nitrogens with one attached hydrogen (secondary N) is 1. The van der Waals surface area contributed by atoms with Crippen molar-refractivity contribution in [3.63, 3.8) is 0 Å². The number of hydrogen-bond acceptors (Lipinski definition) is 3. The fourth-order valence-corrected chi connectivity index (χ4v) is 1.95. The van der Waals surface area contributed by atoms with Crippen molar-refractivity contribution in [1.29, 1.82) is 0 Å². The van der Waals surface area contributed by atoms with Gasteiger partial charge in [-0.05, 0) is 19.8 Å². The van der Waals surface area contributed by atoms with Crippen LogP contribution in [0.15, 0.2) is 0 Å². The van der Waals surface area contributed by atoms with E-state index in [0.29, 0.717) is 11.7 Å². The Bertz CT molecular complexity index is 435. The predicted octanol–water partition coefficient (Wildman–Crippen LogP) is 0.866. The molecular weight excluding hydrogens is 206 g/mol. The van der Waals surface area contributed by atoms with E-state index in [2.05, 4.69) is 10.4 Å². The van der Waals surface area contributed by atoms with Crippen molar-refractivity contribution in [2.45, 2.75) is 38.8 Å². The van der Waals surface area contributed by atoms with Crippen LogP contribution in [0.5, 0.6) is 5.88 Å². The van der Waals surface area contributed by atoms with E-state index in [9.17, 15) is 4.79 Å². The van der Waals surface area contributed by atoms with E-state index in [1.807, 2.05) is 6.92 Å². The molecule has 2 aliphatic rings. The maximum atomic E-state index is 11.9. The zero-order valence-electron chi connectivity index (χ0n) is 9.32. The van der Waals surface area contributed by atoms with Crippen LogP contribution in [0.2, 0.25) is 0 Å². The summed E-state index contributed by atoms with van der Waals surface area (Å²) >= 11 is 0. The minimum absolute atomic E-state index is 0.0644. The molecule has 1 aliphatic carbocycles. The number of aryl methyl sites for hydroxylation is 1. The van der Waals surface area contributed by atoms with Crippen molar-refractivity contribution in [3.05, 3.63) is 11.3 Å². The Morgan fingerprint density at radius 3 is 3.06 bits per heavy atom. The minimum Gasteiger partial charge on any atom is -0.478 e. The fraction of sp³-hybridized carbons (Fsp3) is 0.636. The second-order valence-corrected chi connectivity index (χ2v) is 4.45. The number of aromatic nitrogens is 2. The highest BCUT2D eigenvalue weighted by atomic mass is 16.5. The summed E-state index contributed by atoms with van der Waals surface area (Å²) in [6.07, 6.45) is 3.14. The average Bonchev–Trinajstić information content (AvgIpc) is 3.03. The largest absolute Gasteiger partial charge is 0.478 e. The van der Waals surface area contributed by atoms with Gasteiger partial charge in [0.25, 0.3) is 5.91 Å². The molecular formula is C11H15N3O2. The fourth-order valence-electron chi connectivity index (χ4n) is 1.95. The maximum absolute atomic E-state index is 11.9. The van der Waals surface area contributed by atoms with E-state index in [4.69, 9.17) is 4.74 Å². The first-order chi connectivity index (χ1) is 7.75. The van der Waals surface area contributed by atoms with Crippen molar-refractivity contribution in [3.8, 4) is 5.88 Å². The number of rotatable bonds is 2. The van der Waals surface area contributed by atoms with Gasteiger partial charge in [-0.15, -0.1) is 0 Å². The number of nitrogens with zero attached hydrogens (tertiary/aromatic N) is 2. The van der Waals surface area contributed by atoms with E-state index in [-0.39, 0.29) is 5.91 Å². The summed E-state index contributed by atoms with van der Waals surface area (Å²) in [4.78, 5) is 11.9. The monoisotopic (exact) mass is 221 g/mol. The highest BCUT2D eigenvalue weighted by Gasteiger charge is 2.28. The molecule has 1 aromatic rings. The van der Waals surface area contributed by atoms with Gasteiger partial charge < -0.3 is 10.1 Å². The Balaban J connectivity index is 1.88. The Labute approximate surface area is 93.8 Å². The summed E-state index contributed by atoms with van der Waals surface area (Å²) in [6, 6.07) is 0.367. The lowest BCUT2D eigenvalue weighted by Crippen LogP contribution is -2.26. The number of amides is 1. The van der Waals surface area contributed by atoms with Crippen LogP contribution in [0, 0.1) is 6.92 Å². The van der Waals surface area contributed by atoms with Crippen molar-refractivity contribution in [2.24, 2.45) is 0 Å². The number of fused-ring (bicyclic) bond motifs is 1. The molecule has 3 rings (SSSR count). The molecule has 0 spiro atoms. The van der Waals surface area contributed by atoms with Gasteiger partial charge in [0.2, 0.25) is 5.88 Å². The molecule has 1 amide bonds. The first-order valence-corrected chi connectivity index (χ1v) is 5.77. The summed E-state index contributed by atoms with van der Waals surface area (Å²) in [5.74, 6) is 0.692. The first-order valence-electron chi connectivity index (χ1n) is 5.77. The van der Waals surface area contributed by atoms with Crippen molar-refractivity contribution in [1.82, 2.24) is 15.1 Å². The molecule has 0 atom stereocenters. The molecule has 0 saturated heterocycles. The normalized spacial score (nSPS) is 18.8. The van der Waals surface area contributed by atoms with Gasteiger partial charge in [-0.3, -0.25) is 4.79 Å². The second-order valence-electron chi connectivity index (χ2n) is 4.45. The first kappa shape index (κ1) is 9.69.